The third kappa shape index (κ3) is 3.49. The van der Waals surface area contributed by atoms with E-state index in [9.17, 15) is 9.90 Å². The number of aromatic nitrogens is 2. The molecule has 6 nitrogen and oxygen atoms in total. The fourth-order valence-corrected chi connectivity index (χ4v) is 3.42. The largest absolute Gasteiger partial charge is 0.479 e. The molecule has 0 unspecified atom stereocenters. The molecule has 1 aliphatic heterocycles. The molecule has 2 aromatic heterocycles. The number of aryl methyl sites for hydroxylation is 1. The molecular weight excluding hydrogens is 318 g/mol. The molecule has 0 radical (unpaired) electrons. The first-order valence-electron chi connectivity index (χ1n) is 9.04. The van der Waals surface area contributed by atoms with Crippen molar-refractivity contribution in [2.75, 3.05) is 13.1 Å². The summed E-state index contributed by atoms with van der Waals surface area (Å²) in [5.41, 5.74) is -0.00721. The van der Waals surface area contributed by atoms with Crippen molar-refractivity contribution in [2.24, 2.45) is 0 Å². The molecule has 1 aliphatic rings. The maximum atomic E-state index is 12.1. The van der Waals surface area contributed by atoms with Gasteiger partial charge in [0.25, 0.3) is 0 Å². The lowest BCUT2D eigenvalue weighted by atomic mass is 9.87. The molecule has 136 valence electrons. The molecule has 1 fully saturated rings. The zero-order valence-electron chi connectivity index (χ0n) is 15.2. The van der Waals surface area contributed by atoms with Gasteiger partial charge in [-0.3, -0.25) is 9.58 Å². The number of hydrogen-bond donors (Lipinski definition) is 1. The van der Waals surface area contributed by atoms with E-state index in [1.807, 2.05) is 24.4 Å². The number of carboxylic acid groups (broad SMARTS) is 1. The van der Waals surface area contributed by atoms with Crippen LogP contribution in [0.1, 0.15) is 56.7 Å². The van der Waals surface area contributed by atoms with E-state index < -0.39 is 11.5 Å². The summed E-state index contributed by atoms with van der Waals surface area (Å²) in [5.74, 6) is 1.43. The Kier molecular flexibility index (Phi) is 4.99. The van der Waals surface area contributed by atoms with Crippen LogP contribution in [0.3, 0.4) is 0 Å². The van der Waals surface area contributed by atoms with Gasteiger partial charge in [0.1, 0.15) is 11.5 Å². The molecule has 0 aliphatic carbocycles. The predicted molar refractivity (Wildman–Crippen MR) is 94.5 cm³/mol. The standard InChI is InChI=1S/C19H27N3O3/c1-4-15-5-6-16(25-15)13-21-11-8-19(9-12-21,18(23)24)22-10-7-17(20-22)14(2)3/h5-7,10,14H,4,8-9,11-13H2,1-3H3,(H,23,24). The second kappa shape index (κ2) is 7.04. The van der Waals surface area contributed by atoms with Crippen molar-refractivity contribution in [3.63, 3.8) is 0 Å². The van der Waals surface area contributed by atoms with Gasteiger partial charge in [-0.2, -0.15) is 5.10 Å². The number of furan rings is 1. The average molecular weight is 345 g/mol. The quantitative estimate of drug-likeness (QED) is 0.870. The zero-order chi connectivity index (χ0) is 18.0. The second-order valence-corrected chi connectivity index (χ2v) is 7.17. The maximum absolute atomic E-state index is 12.1. The lowest BCUT2D eigenvalue weighted by Crippen LogP contribution is -2.51. The minimum atomic E-state index is -0.943. The normalized spacial score (nSPS) is 17.9. The highest BCUT2D eigenvalue weighted by atomic mass is 16.4. The van der Waals surface area contributed by atoms with Crippen molar-refractivity contribution in [1.82, 2.24) is 14.7 Å². The molecule has 3 rings (SSSR count). The first-order chi connectivity index (χ1) is 11.9. The molecule has 0 aromatic carbocycles. The van der Waals surface area contributed by atoms with E-state index in [4.69, 9.17) is 4.42 Å². The lowest BCUT2D eigenvalue weighted by molar-refractivity contribution is -0.151. The van der Waals surface area contributed by atoms with Crippen LogP contribution in [0.4, 0.5) is 0 Å². The first-order valence-corrected chi connectivity index (χ1v) is 9.04. The Labute approximate surface area is 148 Å². The molecule has 1 saturated heterocycles. The van der Waals surface area contributed by atoms with Gasteiger partial charge in [-0.05, 0) is 37.0 Å². The Hall–Kier alpha value is -2.08. The van der Waals surface area contributed by atoms with Gasteiger partial charge in [0.15, 0.2) is 5.54 Å². The highest BCUT2D eigenvalue weighted by Crippen LogP contribution is 2.31. The van der Waals surface area contributed by atoms with Gasteiger partial charge >= 0.3 is 5.97 Å². The van der Waals surface area contributed by atoms with Crippen molar-refractivity contribution in [1.29, 1.82) is 0 Å². The molecule has 6 heteroatoms. The lowest BCUT2D eigenvalue weighted by Gasteiger charge is -2.38. The van der Waals surface area contributed by atoms with Gasteiger partial charge in [-0.15, -0.1) is 0 Å². The molecular formula is C19H27N3O3. The number of nitrogens with zero attached hydrogens (tertiary/aromatic N) is 3. The van der Waals surface area contributed by atoms with Crippen LogP contribution in [0.15, 0.2) is 28.8 Å². The maximum Gasteiger partial charge on any atom is 0.331 e. The molecule has 0 bridgehead atoms. The van der Waals surface area contributed by atoms with E-state index in [2.05, 4.69) is 30.8 Å². The van der Waals surface area contributed by atoms with E-state index >= 15 is 0 Å². The van der Waals surface area contributed by atoms with Crippen LogP contribution in [0, 0.1) is 0 Å². The smallest absolute Gasteiger partial charge is 0.331 e. The molecule has 1 N–H and O–H groups in total. The van der Waals surface area contributed by atoms with Crippen LogP contribution in [0.5, 0.6) is 0 Å². The summed E-state index contributed by atoms with van der Waals surface area (Å²) in [6.45, 7) is 8.36. The van der Waals surface area contributed by atoms with E-state index in [1.54, 1.807) is 4.68 Å². The summed E-state index contributed by atoms with van der Waals surface area (Å²) in [4.78, 5) is 14.3. The van der Waals surface area contributed by atoms with Crippen LogP contribution in [0.25, 0.3) is 0 Å². The fraction of sp³-hybridized carbons (Fsp3) is 0.579. The van der Waals surface area contributed by atoms with Gasteiger partial charge in [0.2, 0.25) is 0 Å². The number of piperidine rings is 1. The molecule has 2 aromatic rings. The van der Waals surface area contributed by atoms with Gasteiger partial charge in [0.05, 0.1) is 12.2 Å². The summed E-state index contributed by atoms with van der Waals surface area (Å²) in [6.07, 6.45) is 3.80. The molecule has 0 amide bonds. The summed E-state index contributed by atoms with van der Waals surface area (Å²) in [7, 11) is 0. The Bertz CT molecular complexity index is 724. The Morgan fingerprint density at radius 2 is 1.96 bits per heavy atom. The van der Waals surface area contributed by atoms with Crippen molar-refractivity contribution < 1.29 is 14.3 Å². The van der Waals surface area contributed by atoms with Crippen LogP contribution in [-0.4, -0.2) is 38.8 Å². The monoisotopic (exact) mass is 345 g/mol. The van der Waals surface area contributed by atoms with Gasteiger partial charge in [-0.1, -0.05) is 20.8 Å². The number of carboxylic acids is 1. The van der Waals surface area contributed by atoms with Gasteiger partial charge in [0, 0.05) is 25.7 Å². The highest BCUT2D eigenvalue weighted by Gasteiger charge is 2.44. The highest BCUT2D eigenvalue weighted by molar-refractivity contribution is 5.76. The Balaban J connectivity index is 1.70. The minimum absolute atomic E-state index is 0.291. The first kappa shape index (κ1) is 17.7. The van der Waals surface area contributed by atoms with Crippen LogP contribution < -0.4 is 0 Å². The number of hydrogen-bond acceptors (Lipinski definition) is 4. The fourth-order valence-electron chi connectivity index (χ4n) is 3.42. The number of likely N-dealkylation sites (tertiary alicyclic amines) is 1. The number of aliphatic carboxylic acids is 1. The summed E-state index contributed by atoms with van der Waals surface area (Å²) >= 11 is 0. The molecule has 3 heterocycles. The van der Waals surface area contributed by atoms with E-state index in [0.29, 0.717) is 31.8 Å². The average Bonchev–Trinajstić information content (AvgIpc) is 3.25. The Morgan fingerprint density at radius 1 is 1.28 bits per heavy atom. The van der Waals surface area contributed by atoms with E-state index in [0.717, 1.165) is 30.2 Å². The van der Waals surface area contributed by atoms with Crippen LogP contribution in [-0.2, 0) is 23.3 Å². The van der Waals surface area contributed by atoms with Gasteiger partial charge < -0.3 is 9.52 Å². The topological polar surface area (TPSA) is 71.5 Å². The van der Waals surface area contributed by atoms with Crippen LogP contribution >= 0.6 is 0 Å². The Morgan fingerprint density at radius 3 is 2.48 bits per heavy atom. The molecule has 0 spiro atoms. The third-order valence-corrected chi connectivity index (χ3v) is 5.17. The van der Waals surface area contributed by atoms with Gasteiger partial charge in [-0.25, -0.2) is 4.79 Å². The predicted octanol–water partition coefficient (Wildman–Crippen LogP) is 3.24. The second-order valence-electron chi connectivity index (χ2n) is 7.17. The molecule has 0 saturated carbocycles. The molecule has 0 atom stereocenters. The SMILES string of the molecule is CCc1ccc(CN2CCC(C(=O)O)(n3ccc(C(C)C)n3)CC2)o1. The summed E-state index contributed by atoms with van der Waals surface area (Å²) in [5, 5.41) is 14.5. The van der Waals surface area contributed by atoms with Crippen molar-refractivity contribution in [3.8, 4) is 0 Å². The van der Waals surface area contributed by atoms with Crippen molar-refractivity contribution >= 4 is 5.97 Å². The third-order valence-electron chi connectivity index (χ3n) is 5.17. The minimum Gasteiger partial charge on any atom is -0.479 e. The number of rotatable bonds is 6. The summed E-state index contributed by atoms with van der Waals surface area (Å²) in [6, 6.07) is 5.95. The van der Waals surface area contributed by atoms with Crippen LogP contribution in [0.2, 0.25) is 0 Å². The van der Waals surface area contributed by atoms with Crippen molar-refractivity contribution in [2.45, 2.75) is 58.0 Å². The summed E-state index contributed by atoms with van der Waals surface area (Å²) < 4.78 is 7.44. The molecule has 25 heavy (non-hydrogen) atoms. The van der Waals surface area contributed by atoms with E-state index in [-0.39, 0.29) is 0 Å². The van der Waals surface area contributed by atoms with Crippen molar-refractivity contribution in [3.05, 3.63) is 41.6 Å². The van der Waals surface area contributed by atoms with E-state index in [1.165, 1.54) is 0 Å². The number of carbonyl (C=O) groups is 1. The zero-order valence-corrected chi connectivity index (χ0v) is 15.2.